The number of aromatic nitrogens is 2. The Balaban J connectivity index is 2.08. The highest BCUT2D eigenvalue weighted by Crippen LogP contribution is 2.10. The fourth-order valence-electron chi connectivity index (χ4n) is 2.14. The SMILES string of the molecule is O=C(O)N1CCN(c2nc(CCCO)c[nH]c2=O)CC1. The lowest BCUT2D eigenvalue weighted by Gasteiger charge is -2.33. The molecule has 8 nitrogen and oxygen atoms in total. The zero-order valence-corrected chi connectivity index (χ0v) is 11.1. The highest BCUT2D eigenvalue weighted by atomic mass is 16.4. The molecule has 1 aromatic rings. The molecule has 20 heavy (non-hydrogen) atoms. The van der Waals surface area contributed by atoms with Crippen LogP contribution in [0.2, 0.25) is 0 Å². The summed E-state index contributed by atoms with van der Waals surface area (Å²) in [6, 6.07) is 0. The number of nitrogens with one attached hydrogen (secondary N) is 1. The first kappa shape index (κ1) is 14.3. The number of rotatable bonds is 4. The molecular formula is C12H18N4O4. The molecule has 0 radical (unpaired) electrons. The van der Waals surface area contributed by atoms with Crippen LogP contribution in [0.1, 0.15) is 12.1 Å². The Labute approximate surface area is 115 Å². The van der Waals surface area contributed by atoms with Gasteiger partial charge >= 0.3 is 6.09 Å². The number of carbonyl (C=O) groups is 1. The van der Waals surface area contributed by atoms with E-state index < -0.39 is 6.09 Å². The molecule has 1 fully saturated rings. The summed E-state index contributed by atoms with van der Waals surface area (Å²) in [5, 5.41) is 17.7. The van der Waals surface area contributed by atoms with Crippen LogP contribution in [0.3, 0.4) is 0 Å². The third kappa shape index (κ3) is 3.27. The summed E-state index contributed by atoms with van der Waals surface area (Å²) < 4.78 is 0. The van der Waals surface area contributed by atoms with Crippen LogP contribution in [0.5, 0.6) is 0 Å². The van der Waals surface area contributed by atoms with E-state index in [0.717, 1.165) is 0 Å². The molecule has 0 atom stereocenters. The zero-order chi connectivity index (χ0) is 14.5. The van der Waals surface area contributed by atoms with E-state index in [1.54, 1.807) is 11.1 Å². The van der Waals surface area contributed by atoms with E-state index in [1.165, 1.54) is 4.90 Å². The van der Waals surface area contributed by atoms with Crippen molar-refractivity contribution >= 4 is 11.9 Å². The van der Waals surface area contributed by atoms with Crippen LogP contribution in [0, 0.1) is 0 Å². The van der Waals surface area contributed by atoms with E-state index in [0.29, 0.717) is 50.5 Å². The Morgan fingerprint density at radius 2 is 2.05 bits per heavy atom. The Morgan fingerprint density at radius 3 is 2.65 bits per heavy atom. The molecule has 1 aliphatic rings. The lowest BCUT2D eigenvalue weighted by atomic mass is 10.2. The van der Waals surface area contributed by atoms with Gasteiger partial charge in [0.05, 0.1) is 5.69 Å². The number of aromatic amines is 1. The molecule has 8 heteroatoms. The summed E-state index contributed by atoms with van der Waals surface area (Å²) in [6.45, 7) is 1.69. The molecule has 0 bridgehead atoms. The van der Waals surface area contributed by atoms with Gasteiger partial charge in [-0.25, -0.2) is 9.78 Å². The van der Waals surface area contributed by atoms with E-state index in [1.807, 2.05) is 0 Å². The molecule has 0 aliphatic carbocycles. The maximum absolute atomic E-state index is 11.8. The van der Waals surface area contributed by atoms with Gasteiger partial charge in [-0.15, -0.1) is 0 Å². The molecule has 0 spiro atoms. The molecule has 0 unspecified atom stereocenters. The van der Waals surface area contributed by atoms with Crippen LogP contribution in [-0.4, -0.2) is 64.0 Å². The van der Waals surface area contributed by atoms with Crippen molar-refractivity contribution < 1.29 is 15.0 Å². The molecule has 110 valence electrons. The Bertz CT molecular complexity index is 522. The van der Waals surface area contributed by atoms with Crippen molar-refractivity contribution in [1.82, 2.24) is 14.9 Å². The number of carboxylic acid groups (broad SMARTS) is 1. The minimum absolute atomic E-state index is 0.0768. The van der Waals surface area contributed by atoms with Crippen LogP contribution in [-0.2, 0) is 6.42 Å². The van der Waals surface area contributed by atoms with E-state index in [4.69, 9.17) is 10.2 Å². The molecule has 0 aromatic carbocycles. The number of amides is 1. The summed E-state index contributed by atoms with van der Waals surface area (Å²) in [5.41, 5.74) is 0.441. The number of aliphatic hydroxyl groups is 1. The molecule has 2 heterocycles. The van der Waals surface area contributed by atoms with Crippen molar-refractivity contribution in [3.05, 3.63) is 22.2 Å². The first-order chi connectivity index (χ1) is 9.61. The zero-order valence-electron chi connectivity index (χ0n) is 11.1. The van der Waals surface area contributed by atoms with Crippen LogP contribution < -0.4 is 10.5 Å². The second-order valence-corrected chi connectivity index (χ2v) is 4.63. The highest BCUT2D eigenvalue weighted by Gasteiger charge is 2.23. The number of aryl methyl sites for hydroxylation is 1. The molecule has 2 rings (SSSR count). The molecule has 1 amide bonds. The molecule has 1 saturated heterocycles. The minimum atomic E-state index is -0.941. The van der Waals surface area contributed by atoms with Crippen LogP contribution in [0.25, 0.3) is 0 Å². The molecule has 3 N–H and O–H groups in total. The van der Waals surface area contributed by atoms with Gasteiger partial charge < -0.3 is 25.0 Å². The first-order valence-electron chi connectivity index (χ1n) is 6.54. The summed E-state index contributed by atoms with van der Waals surface area (Å²) >= 11 is 0. The normalized spacial score (nSPS) is 15.4. The van der Waals surface area contributed by atoms with Crippen molar-refractivity contribution in [2.24, 2.45) is 0 Å². The third-order valence-electron chi connectivity index (χ3n) is 3.26. The van der Waals surface area contributed by atoms with Crippen molar-refractivity contribution in [2.45, 2.75) is 12.8 Å². The van der Waals surface area contributed by atoms with Gasteiger partial charge in [0.25, 0.3) is 5.56 Å². The van der Waals surface area contributed by atoms with Crippen LogP contribution in [0.15, 0.2) is 11.0 Å². The predicted molar refractivity (Wildman–Crippen MR) is 72.1 cm³/mol. The number of piperazine rings is 1. The fourth-order valence-corrected chi connectivity index (χ4v) is 2.14. The van der Waals surface area contributed by atoms with Gasteiger partial charge in [0, 0.05) is 39.0 Å². The fraction of sp³-hybridized carbons (Fsp3) is 0.583. The number of hydrogen-bond donors (Lipinski definition) is 3. The molecular weight excluding hydrogens is 264 g/mol. The number of anilines is 1. The number of hydrogen-bond acceptors (Lipinski definition) is 5. The maximum Gasteiger partial charge on any atom is 0.407 e. The quantitative estimate of drug-likeness (QED) is 0.686. The van der Waals surface area contributed by atoms with E-state index in [-0.39, 0.29) is 12.2 Å². The van der Waals surface area contributed by atoms with E-state index in [2.05, 4.69) is 9.97 Å². The van der Waals surface area contributed by atoms with Crippen molar-refractivity contribution in [3.63, 3.8) is 0 Å². The monoisotopic (exact) mass is 282 g/mol. The van der Waals surface area contributed by atoms with Gasteiger partial charge in [0.2, 0.25) is 0 Å². The van der Waals surface area contributed by atoms with Crippen LogP contribution in [0.4, 0.5) is 10.6 Å². The summed E-state index contributed by atoms with van der Waals surface area (Å²) in [6.07, 6.45) is 1.79. The number of H-pyrrole nitrogens is 1. The Morgan fingerprint density at radius 1 is 1.35 bits per heavy atom. The van der Waals surface area contributed by atoms with Crippen molar-refractivity contribution in [1.29, 1.82) is 0 Å². The summed E-state index contributed by atoms with van der Waals surface area (Å²) in [7, 11) is 0. The highest BCUT2D eigenvalue weighted by molar-refractivity contribution is 5.65. The topological polar surface area (TPSA) is 110 Å². The van der Waals surface area contributed by atoms with Gasteiger partial charge in [-0.3, -0.25) is 4.79 Å². The van der Waals surface area contributed by atoms with E-state index >= 15 is 0 Å². The minimum Gasteiger partial charge on any atom is -0.465 e. The largest absolute Gasteiger partial charge is 0.465 e. The van der Waals surface area contributed by atoms with E-state index in [9.17, 15) is 9.59 Å². The predicted octanol–water partition coefficient (Wildman–Crippen LogP) is -0.505. The summed E-state index contributed by atoms with van der Waals surface area (Å²) in [4.78, 5) is 32.7. The standard InChI is InChI=1S/C12H18N4O4/c17-7-1-2-9-8-13-11(18)10(14-9)15-3-5-16(6-4-15)12(19)20/h8,17H,1-7H2,(H,13,18)(H,19,20). The average molecular weight is 282 g/mol. The maximum atomic E-state index is 11.8. The number of aliphatic hydroxyl groups excluding tert-OH is 1. The van der Waals surface area contributed by atoms with Gasteiger partial charge in [-0.1, -0.05) is 0 Å². The van der Waals surface area contributed by atoms with Gasteiger partial charge in [0.1, 0.15) is 0 Å². The van der Waals surface area contributed by atoms with Gasteiger partial charge in [-0.2, -0.15) is 0 Å². The molecule has 1 aromatic heterocycles. The van der Waals surface area contributed by atoms with Crippen molar-refractivity contribution in [3.8, 4) is 0 Å². The van der Waals surface area contributed by atoms with Crippen molar-refractivity contribution in [2.75, 3.05) is 37.7 Å². The third-order valence-corrected chi connectivity index (χ3v) is 3.26. The second kappa shape index (κ2) is 6.38. The Kier molecular flexibility index (Phi) is 4.57. The molecule has 1 aliphatic heterocycles. The second-order valence-electron chi connectivity index (χ2n) is 4.63. The lowest BCUT2D eigenvalue weighted by molar-refractivity contribution is 0.142. The van der Waals surface area contributed by atoms with Gasteiger partial charge in [-0.05, 0) is 12.8 Å². The Hall–Kier alpha value is -2.09. The summed E-state index contributed by atoms with van der Waals surface area (Å²) in [5.74, 6) is 0.325. The van der Waals surface area contributed by atoms with Gasteiger partial charge in [0.15, 0.2) is 5.82 Å². The number of nitrogens with zero attached hydrogens (tertiary/aromatic N) is 3. The lowest BCUT2D eigenvalue weighted by Crippen LogP contribution is -2.49. The molecule has 0 saturated carbocycles. The first-order valence-corrected chi connectivity index (χ1v) is 6.54. The smallest absolute Gasteiger partial charge is 0.407 e. The van der Waals surface area contributed by atoms with Crippen LogP contribution >= 0.6 is 0 Å². The average Bonchev–Trinajstić information content (AvgIpc) is 2.46.